The number of methoxy groups -OCH3 is 1. The van der Waals surface area contributed by atoms with Crippen LogP contribution in [0.25, 0.3) is 0 Å². The quantitative estimate of drug-likeness (QED) is 0.801. The van der Waals surface area contributed by atoms with Crippen molar-refractivity contribution >= 4 is 17.6 Å². The molecule has 0 fully saturated rings. The highest BCUT2D eigenvalue weighted by molar-refractivity contribution is 5.99. The van der Waals surface area contributed by atoms with E-state index in [0.29, 0.717) is 0 Å². The topological polar surface area (TPSA) is 55.8 Å². The maximum atomic E-state index is 13.7. The van der Waals surface area contributed by atoms with E-state index in [1.54, 1.807) is 4.90 Å². The molecule has 25 heavy (non-hydrogen) atoms. The second kappa shape index (κ2) is 6.93. The Morgan fingerprint density at radius 3 is 2.72 bits per heavy atom. The molecule has 2 aromatic carbocycles. The van der Waals surface area contributed by atoms with Crippen LogP contribution in [0.1, 0.15) is 22.8 Å². The minimum absolute atomic E-state index is 0.00188. The predicted octanol–water partition coefficient (Wildman–Crippen LogP) is 2.97. The highest BCUT2D eigenvalue weighted by Gasteiger charge is 2.31. The van der Waals surface area contributed by atoms with Crippen LogP contribution in [0.3, 0.4) is 0 Å². The lowest BCUT2D eigenvalue weighted by atomic mass is 10.1. The van der Waals surface area contributed by atoms with Crippen LogP contribution in [-0.2, 0) is 16.0 Å². The minimum atomic E-state index is -0.755. The molecule has 0 aromatic heterocycles. The van der Waals surface area contributed by atoms with Gasteiger partial charge in [-0.3, -0.25) is 4.79 Å². The zero-order valence-electron chi connectivity index (χ0n) is 14.0. The summed E-state index contributed by atoms with van der Waals surface area (Å²) >= 11 is 0. The molecule has 0 spiro atoms. The fourth-order valence-electron chi connectivity index (χ4n) is 3.02. The van der Waals surface area contributed by atoms with Gasteiger partial charge in [0.1, 0.15) is 0 Å². The zero-order valence-corrected chi connectivity index (χ0v) is 14.0. The van der Waals surface area contributed by atoms with Crippen LogP contribution in [0.15, 0.2) is 42.5 Å². The van der Waals surface area contributed by atoms with Crippen molar-refractivity contribution in [3.63, 3.8) is 0 Å². The van der Waals surface area contributed by atoms with E-state index in [4.69, 9.17) is 9.47 Å². The first-order valence-electron chi connectivity index (χ1n) is 7.92. The van der Waals surface area contributed by atoms with Gasteiger partial charge in [0.15, 0.2) is 18.2 Å². The molecule has 1 aliphatic rings. The van der Waals surface area contributed by atoms with Crippen LogP contribution in [0.5, 0.6) is 5.75 Å². The Kier molecular flexibility index (Phi) is 4.70. The number of carbonyl (C=O) groups is 2. The SMILES string of the molecule is COc1ccc(C(=O)OCC(=O)N2c3ccccc3CC2C)cc1F. The molecular weight excluding hydrogens is 325 g/mol. The van der Waals surface area contributed by atoms with E-state index in [-0.39, 0.29) is 23.3 Å². The van der Waals surface area contributed by atoms with Gasteiger partial charge in [0.25, 0.3) is 5.91 Å². The van der Waals surface area contributed by atoms with Crippen molar-refractivity contribution in [2.75, 3.05) is 18.6 Å². The van der Waals surface area contributed by atoms with Crippen molar-refractivity contribution in [2.45, 2.75) is 19.4 Å². The number of para-hydroxylation sites is 1. The number of nitrogens with zero attached hydrogens (tertiary/aromatic N) is 1. The van der Waals surface area contributed by atoms with E-state index < -0.39 is 18.4 Å². The Bertz CT molecular complexity index is 821. The Balaban J connectivity index is 1.66. The third-order valence-electron chi connectivity index (χ3n) is 4.19. The minimum Gasteiger partial charge on any atom is -0.494 e. The van der Waals surface area contributed by atoms with Crippen LogP contribution in [0, 0.1) is 5.82 Å². The monoisotopic (exact) mass is 343 g/mol. The van der Waals surface area contributed by atoms with Crippen LogP contribution in [0.4, 0.5) is 10.1 Å². The number of carbonyl (C=O) groups excluding carboxylic acids is 2. The smallest absolute Gasteiger partial charge is 0.338 e. The summed E-state index contributed by atoms with van der Waals surface area (Å²) in [5.41, 5.74) is 1.96. The summed E-state index contributed by atoms with van der Waals surface area (Å²) in [6, 6.07) is 11.4. The fraction of sp³-hybridized carbons (Fsp3) is 0.263. The van der Waals surface area contributed by atoms with Crippen molar-refractivity contribution in [1.82, 2.24) is 0 Å². The molecule has 1 aliphatic heterocycles. The third kappa shape index (κ3) is 3.33. The van der Waals surface area contributed by atoms with Gasteiger partial charge in [0.05, 0.1) is 12.7 Å². The highest BCUT2D eigenvalue weighted by atomic mass is 19.1. The van der Waals surface area contributed by atoms with Crippen molar-refractivity contribution < 1.29 is 23.5 Å². The molecule has 130 valence electrons. The van der Waals surface area contributed by atoms with Crippen molar-refractivity contribution in [3.8, 4) is 5.75 Å². The standard InChI is InChI=1S/C19H18FNO4/c1-12-9-13-5-3-4-6-16(13)21(12)18(22)11-25-19(23)14-7-8-17(24-2)15(20)10-14/h3-8,10,12H,9,11H2,1-2H3. The van der Waals surface area contributed by atoms with Gasteiger partial charge in [0.2, 0.25) is 0 Å². The fourth-order valence-corrected chi connectivity index (χ4v) is 3.02. The van der Waals surface area contributed by atoms with Gasteiger partial charge in [-0.15, -0.1) is 0 Å². The molecule has 5 nitrogen and oxygen atoms in total. The Morgan fingerprint density at radius 2 is 2.00 bits per heavy atom. The summed E-state index contributed by atoms with van der Waals surface area (Å²) in [5.74, 6) is -1.68. The Hall–Kier alpha value is -2.89. The molecule has 1 heterocycles. The second-order valence-corrected chi connectivity index (χ2v) is 5.87. The number of esters is 1. The van der Waals surface area contributed by atoms with E-state index >= 15 is 0 Å². The first kappa shape index (κ1) is 17.0. The number of anilines is 1. The average Bonchev–Trinajstić information content (AvgIpc) is 2.95. The molecule has 2 aromatic rings. The van der Waals surface area contributed by atoms with E-state index in [1.165, 1.54) is 19.2 Å². The molecule has 0 bridgehead atoms. The largest absolute Gasteiger partial charge is 0.494 e. The molecule has 0 saturated heterocycles. The molecule has 0 N–H and O–H groups in total. The van der Waals surface area contributed by atoms with Crippen LogP contribution in [0.2, 0.25) is 0 Å². The number of fused-ring (bicyclic) bond motifs is 1. The Morgan fingerprint density at radius 1 is 1.24 bits per heavy atom. The summed E-state index contributed by atoms with van der Waals surface area (Å²) in [7, 11) is 1.34. The normalized spacial score (nSPS) is 15.6. The molecule has 1 unspecified atom stereocenters. The van der Waals surface area contributed by atoms with Gasteiger partial charge in [0, 0.05) is 11.7 Å². The molecule has 0 radical (unpaired) electrons. The molecular formula is C19H18FNO4. The summed E-state index contributed by atoms with van der Waals surface area (Å²) in [5, 5.41) is 0. The van der Waals surface area contributed by atoms with E-state index in [9.17, 15) is 14.0 Å². The van der Waals surface area contributed by atoms with Crippen molar-refractivity contribution in [2.24, 2.45) is 0 Å². The van der Waals surface area contributed by atoms with Gasteiger partial charge < -0.3 is 14.4 Å². The van der Waals surface area contributed by atoms with Gasteiger partial charge in [-0.2, -0.15) is 0 Å². The summed E-state index contributed by atoms with van der Waals surface area (Å²) in [6.45, 7) is 1.55. The highest BCUT2D eigenvalue weighted by Crippen LogP contribution is 2.31. The first-order valence-corrected chi connectivity index (χ1v) is 7.92. The van der Waals surface area contributed by atoms with Crippen LogP contribution >= 0.6 is 0 Å². The lowest BCUT2D eigenvalue weighted by Gasteiger charge is -2.22. The molecule has 1 amide bonds. The number of halogens is 1. The molecule has 6 heteroatoms. The van der Waals surface area contributed by atoms with E-state index in [0.717, 1.165) is 23.7 Å². The number of ether oxygens (including phenoxy) is 2. The van der Waals surface area contributed by atoms with Crippen LogP contribution in [-0.4, -0.2) is 31.6 Å². The average molecular weight is 343 g/mol. The molecule has 3 rings (SSSR count). The van der Waals surface area contributed by atoms with Gasteiger partial charge in [-0.05, 0) is 43.2 Å². The number of rotatable bonds is 4. The number of benzene rings is 2. The Labute approximate surface area is 145 Å². The third-order valence-corrected chi connectivity index (χ3v) is 4.19. The molecule has 1 atom stereocenters. The predicted molar refractivity (Wildman–Crippen MR) is 90.3 cm³/mol. The maximum absolute atomic E-state index is 13.7. The van der Waals surface area contributed by atoms with E-state index in [1.807, 2.05) is 31.2 Å². The van der Waals surface area contributed by atoms with E-state index in [2.05, 4.69) is 0 Å². The van der Waals surface area contributed by atoms with Crippen LogP contribution < -0.4 is 9.64 Å². The number of amides is 1. The maximum Gasteiger partial charge on any atom is 0.338 e. The second-order valence-electron chi connectivity index (χ2n) is 5.87. The lowest BCUT2D eigenvalue weighted by molar-refractivity contribution is -0.122. The number of hydrogen-bond acceptors (Lipinski definition) is 4. The van der Waals surface area contributed by atoms with Gasteiger partial charge in [-0.1, -0.05) is 18.2 Å². The summed E-state index contributed by atoms with van der Waals surface area (Å²) in [6.07, 6.45) is 0.763. The van der Waals surface area contributed by atoms with Gasteiger partial charge in [-0.25, -0.2) is 9.18 Å². The summed E-state index contributed by atoms with van der Waals surface area (Å²) < 4.78 is 23.5. The summed E-state index contributed by atoms with van der Waals surface area (Å²) in [4.78, 5) is 26.2. The molecule has 0 aliphatic carbocycles. The van der Waals surface area contributed by atoms with Gasteiger partial charge >= 0.3 is 5.97 Å². The van der Waals surface area contributed by atoms with Crippen molar-refractivity contribution in [1.29, 1.82) is 0 Å². The number of hydrogen-bond donors (Lipinski definition) is 0. The lowest BCUT2D eigenvalue weighted by Crippen LogP contribution is -2.38. The van der Waals surface area contributed by atoms with Crippen molar-refractivity contribution in [3.05, 3.63) is 59.4 Å². The zero-order chi connectivity index (χ0) is 18.0. The first-order chi connectivity index (χ1) is 12.0. The molecule has 0 saturated carbocycles.